The van der Waals surface area contributed by atoms with Gasteiger partial charge in [-0.2, -0.15) is 0 Å². The van der Waals surface area contributed by atoms with Crippen molar-refractivity contribution in [3.63, 3.8) is 0 Å². The fourth-order valence-corrected chi connectivity index (χ4v) is 4.23. The molecule has 1 aromatic heterocycles. The summed E-state index contributed by atoms with van der Waals surface area (Å²) in [6.45, 7) is 0. The Morgan fingerprint density at radius 2 is 2.33 bits per heavy atom. The van der Waals surface area contributed by atoms with Crippen LogP contribution >= 0.6 is 11.3 Å². The van der Waals surface area contributed by atoms with Gasteiger partial charge in [-0.1, -0.05) is 6.42 Å². The van der Waals surface area contributed by atoms with E-state index in [0.29, 0.717) is 11.6 Å². The lowest BCUT2D eigenvalue weighted by Crippen LogP contribution is -2.11. The first-order valence-electron chi connectivity index (χ1n) is 5.42. The van der Waals surface area contributed by atoms with Gasteiger partial charge in [0.1, 0.15) is 0 Å². The minimum Gasteiger partial charge on any atom is -0.476 e. The first-order valence-corrected chi connectivity index (χ1v) is 6.30. The molecule has 4 heteroatoms. The van der Waals surface area contributed by atoms with Crippen LogP contribution in [0.3, 0.4) is 0 Å². The van der Waals surface area contributed by atoms with Crippen LogP contribution in [0.2, 0.25) is 0 Å². The van der Waals surface area contributed by atoms with Crippen LogP contribution in [0.4, 0.5) is 0 Å². The number of thiazole rings is 1. The molecule has 3 unspecified atom stereocenters. The molecule has 0 spiro atoms. The van der Waals surface area contributed by atoms with Gasteiger partial charge in [0.05, 0.1) is 5.51 Å². The van der Waals surface area contributed by atoms with Gasteiger partial charge in [-0.05, 0) is 37.0 Å². The van der Waals surface area contributed by atoms with Gasteiger partial charge < -0.3 is 5.11 Å². The maximum Gasteiger partial charge on any atom is 0.355 e. The van der Waals surface area contributed by atoms with Gasteiger partial charge in [-0.3, -0.25) is 0 Å². The highest BCUT2D eigenvalue weighted by atomic mass is 32.1. The van der Waals surface area contributed by atoms with E-state index in [1.165, 1.54) is 37.0 Å². The van der Waals surface area contributed by atoms with E-state index in [0.717, 1.165) is 16.7 Å². The smallest absolute Gasteiger partial charge is 0.355 e. The number of hydrogen-bond acceptors (Lipinski definition) is 3. The molecule has 2 aliphatic rings. The molecule has 0 aliphatic heterocycles. The predicted molar refractivity (Wildman–Crippen MR) is 57.3 cm³/mol. The van der Waals surface area contributed by atoms with Crippen LogP contribution in [-0.4, -0.2) is 16.1 Å². The van der Waals surface area contributed by atoms with Crippen LogP contribution in [-0.2, 0) is 0 Å². The SMILES string of the molecule is O=C(O)c1ncsc1C1CC2CCC1C2. The molecule has 2 aliphatic carbocycles. The summed E-state index contributed by atoms with van der Waals surface area (Å²) in [4.78, 5) is 16.0. The van der Waals surface area contributed by atoms with Crippen molar-refractivity contribution in [2.24, 2.45) is 11.8 Å². The summed E-state index contributed by atoms with van der Waals surface area (Å²) in [5, 5.41) is 9.03. The predicted octanol–water partition coefficient (Wildman–Crippen LogP) is 2.74. The van der Waals surface area contributed by atoms with Crippen LogP contribution in [0.25, 0.3) is 0 Å². The van der Waals surface area contributed by atoms with Gasteiger partial charge in [0.2, 0.25) is 0 Å². The van der Waals surface area contributed by atoms with E-state index in [1.54, 1.807) is 5.51 Å². The van der Waals surface area contributed by atoms with Gasteiger partial charge in [0.25, 0.3) is 0 Å². The van der Waals surface area contributed by atoms with Crippen LogP contribution < -0.4 is 0 Å². The maximum absolute atomic E-state index is 11.0. The third-order valence-electron chi connectivity index (χ3n) is 3.87. The summed E-state index contributed by atoms with van der Waals surface area (Å²) in [7, 11) is 0. The Morgan fingerprint density at radius 1 is 1.47 bits per heavy atom. The van der Waals surface area contributed by atoms with Crippen LogP contribution in [0.15, 0.2) is 5.51 Å². The second-order valence-corrected chi connectivity index (χ2v) is 5.54. The lowest BCUT2D eigenvalue weighted by atomic mass is 9.87. The molecule has 3 nitrogen and oxygen atoms in total. The van der Waals surface area contributed by atoms with Crippen molar-refractivity contribution in [2.75, 3.05) is 0 Å². The molecular weight excluding hydrogens is 210 g/mol. The Balaban J connectivity index is 1.93. The maximum atomic E-state index is 11.0. The number of aromatic nitrogens is 1. The zero-order valence-corrected chi connectivity index (χ0v) is 9.17. The summed E-state index contributed by atoms with van der Waals surface area (Å²) < 4.78 is 0. The summed E-state index contributed by atoms with van der Waals surface area (Å²) >= 11 is 1.52. The number of aromatic carboxylic acids is 1. The summed E-state index contributed by atoms with van der Waals surface area (Å²) in [6, 6.07) is 0. The Labute approximate surface area is 92.2 Å². The van der Waals surface area contributed by atoms with E-state index >= 15 is 0 Å². The Morgan fingerprint density at radius 3 is 2.93 bits per heavy atom. The number of carboxylic acid groups (broad SMARTS) is 1. The van der Waals surface area contributed by atoms with Crippen molar-refractivity contribution in [2.45, 2.75) is 31.6 Å². The first kappa shape index (κ1) is 9.33. The van der Waals surface area contributed by atoms with Crippen molar-refractivity contribution in [1.82, 2.24) is 4.98 Å². The average molecular weight is 223 g/mol. The lowest BCUT2D eigenvalue weighted by Gasteiger charge is -2.20. The fraction of sp³-hybridized carbons (Fsp3) is 0.636. The average Bonchev–Trinajstić information content (AvgIpc) is 2.92. The van der Waals surface area contributed by atoms with E-state index in [-0.39, 0.29) is 0 Å². The number of carbonyl (C=O) groups is 1. The van der Waals surface area contributed by atoms with Crippen molar-refractivity contribution < 1.29 is 9.90 Å². The molecule has 0 amide bonds. The highest BCUT2D eigenvalue weighted by molar-refractivity contribution is 7.10. The Hall–Kier alpha value is -0.900. The molecule has 80 valence electrons. The van der Waals surface area contributed by atoms with E-state index in [4.69, 9.17) is 5.11 Å². The minimum atomic E-state index is -0.867. The number of rotatable bonds is 2. The third-order valence-corrected chi connectivity index (χ3v) is 4.83. The van der Waals surface area contributed by atoms with E-state index < -0.39 is 5.97 Å². The van der Waals surface area contributed by atoms with Gasteiger partial charge in [0, 0.05) is 4.88 Å². The van der Waals surface area contributed by atoms with E-state index in [9.17, 15) is 4.79 Å². The largest absolute Gasteiger partial charge is 0.476 e. The Bertz CT molecular complexity index is 401. The molecule has 2 saturated carbocycles. The quantitative estimate of drug-likeness (QED) is 0.838. The molecule has 3 atom stereocenters. The normalized spacial score (nSPS) is 33.5. The molecule has 0 saturated heterocycles. The number of nitrogens with zero attached hydrogens (tertiary/aromatic N) is 1. The van der Waals surface area contributed by atoms with E-state index in [2.05, 4.69) is 4.98 Å². The molecule has 1 aromatic rings. The van der Waals surface area contributed by atoms with Gasteiger partial charge in [-0.25, -0.2) is 9.78 Å². The van der Waals surface area contributed by atoms with Crippen molar-refractivity contribution in [3.8, 4) is 0 Å². The fourth-order valence-electron chi connectivity index (χ4n) is 3.24. The summed E-state index contributed by atoms with van der Waals surface area (Å²) in [5.41, 5.74) is 1.97. The Kier molecular flexibility index (Phi) is 2.06. The monoisotopic (exact) mass is 223 g/mol. The number of fused-ring (bicyclic) bond motifs is 2. The molecule has 15 heavy (non-hydrogen) atoms. The standard InChI is InChI=1S/C11H13NO2S/c13-11(14)9-10(15-5-12-9)8-4-6-1-2-7(8)3-6/h5-8H,1-4H2,(H,13,14). The van der Waals surface area contributed by atoms with Crippen molar-refractivity contribution in [3.05, 3.63) is 16.1 Å². The lowest BCUT2D eigenvalue weighted by molar-refractivity contribution is 0.0689. The van der Waals surface area contributed by atoms with Crippen LogP contribution in [0.5, 0.6) is 0 Å². The first-order chi connectivity index (χ1) is 7.25. The van der Waals surface area contributed by atoms with Crippen molar-refractivity contribution in [1.29, 1.82) is 0 Å². The van der Waals surface area contributed by atoms with Crippen molar-refractivity contribution >= 4 is 17.3 Å². The van der Waals surface area contributed by atoms with Gasteiger partial charge in [-0.15, -0.1) is 11.3 Å². The molecular formula is C11H13NO2S. The molecule has 1 heterocycles. The zero-order chi connectivity index (χ0) is 10.4. The van der Waals surface area contributed by atoms with Crippen LogP contribution in [0.1, 0.15) is 47.0 Å². The second-order valence-electron chi connectivity index (χ2n) is 4.65. The third kappa shape index (κ3) is 1.39. The molecule has 2 fully saturated rings. The highest BCUT2D eigenvalue weighted by Gasteiger charge is 2.42. The zero-order valence-electron chi connectivity index (χ0n) is 8.35. The van der Waals surface area contributed by atoms with Gasteiger partial charge >= 0.3 is 5.97 Å². The molecule has 2 bridgehead atoms. The molecule has 1 N–H and O–H groups in total. The highest BCUT2D eigenvalue weighted by Crippen LogP contribution is 2.54. The minimum absolute atomic E-state index is 0.303. The molecule has 0 aromatic carbocycles. The number of hydrogen-bond donors (Lipinski definition) is 1. The molecule has 0 radical (unpaired) electrons. The summed E-state index contributed by atoms with van der Waals surface area (Å²) in [6.07, 6.45) is 5.13. The van der Waals surface area contributed by atoms with E-state index in [1.807, 2.05) is 0 Å². The topological polar surface area (TPSA) is 50.2 Å². The van der Waals surface area contributed by atoms with Gasteiger partial charge in [0.15, 0.2) is 5.69 Å². The summed E-state index contributed by atoms with van der Waals surface area (Å²) in [5.74, 6) is 1.20. The molecule has 3 rings (SSSR count). The number of carboxylic acids is 1. The van der Waals surface area contributed by atoms with Crippen LogP contribution in [0, 0.1) is 11.8 Å². The second kappa shape index (κ2) is 3.30.